The topological polar surface area (TPSA) is 114 Å². The lowest BCUT2D eigenvalue weighted by Gasteiger charge is -2.07. The lowest BCUT2D eigenvalue weighted by atomic mass is 10.2. The van der Waals surface area contributed by atoms with Crippen molar-refractivity contribution in [2.75, 3.05) is 16.4 Å². The molecule has 4 aromatic rings. The van der Waals surface area contributed by atoms with Crippen LogP contribution in [0.5, 0.6) is 0 Å². The van der Waals surface area contributed by atoms with Gasteiger partial charge in [0.25, 0.3) is 11.6 Å². The van der Waals surface area contributed by atoms with E-state index in [0.29, 0.717) is 16.4 Å². The Bertz CT molecular complexity index is 1290. The standard InChI is InChI=1S/C22H16N4O4S3/c27-20(25-22-24-18(12-33-22)19-5-2-10-31-19)13-32-17-4-1-3-15(11-17)23-21(28)14-6-8-16(9-7-14)26(29)30/h1-12H,13H2,(H,23,28)(H,24,25,27). The Kier molecular flexibility index (Phi) is 7.13. The number of nitrogens with zero attached hydrogens (tertiary/aromatic N) is 2. The summed E-state index contributed by atoms with van der Waals surface area (Å²) in [7, 11) is 0. The van der Waals surface area contributed by atoms with Gasteiger partial charge in [0.1, 0.15) is 0 Å². The number of anilines is 2. The Balaban J connectivity index is 1.31. The zero-order chi connectivity index (χ0) is 23.2. The SMILES string of the molecule is O=C(CSc1cccc(NC(=O)c2ccc([N+](=O)[O-])cc2)c1)Nc1nc(-c2cccs2)cs1. The highest BCUT2D eigenvalue weighted by atomic mass is 32.2. The van der Waals surface area contributed by atoms with Crippen molar-refractivity contribution in [1.29, 1.82) is 0 Å². The van der Waals surface area contributed by atoms with E-state index in [0.717, 1.165) is 15.5 Å². The summed E-state index contributed by atoms with van der Waals surface area (Å²) in [4.78, 5) is 41.3. The van der Waals surface area contributed by atoms with Crippen molar-refractivity contribution in [2.45, 2.75) is 4.90 Å². The van der Waals surface area contributed by atoms with Crippen LogP contribution in [0.25, 0.3) is 10.6 Å². The molecule has 8 nitrogen and oxygen atoms in total. The maximum atomic E-state index is 12.4. The molecule has 0 saturated heterocycles. The van der Waals surface area contributed by atoms with Gasteiger partial charge in [-0.2, -0.15) is 0 Å². The summed E-state index contributed by atoms with van der Waals surface area (Å²) in [5, 5.41) is 20.8. The number of rotatable bonds is 8. The highest BCUT2D eigenvalue weighted by Crippen LogP contribution is 2.28. The van der Waals surface area contributed by atoms with Crippen molar-refractivity contribution in [1.82, 2.24) is 4.98 Å². The first kappa shape index (κ1) is 22.6. The first-order chi connectivity index (χ1) is 16.0. The molecule has 2 N–H and O–H groups in total. The summed E-state index contributed by atoms with van der Waals surface area (Å²) in [6, 6.07) is 16.4. The molecule has 0 spiro atoms. The molecule has 0 atom stereocenters. The van der Waals surface area contributed by atoms with E-state index >= 15 is 0 Å². The predicted molar refractivity (Wildman–Crippen MR) is 132 cm³/mol. The highest BCUT2D eigenvalue weighted by molar-refractivity contribution is 8.00. The molecule has 4 rings (SSSR count). The van der Waals surface area contributed by atoms with Crippen LogP contribution in [0.2, 0.25) is 0 Å². The van der Waals surface area contributed by atoms with Gasteiger partial charge in [0, 0.05) is 33.7 Å². The van der Waals surface area contributed by atoms with Gasteiger partial charge in [-0.3, -0.25) is 19.7 Å². The van der Waals surface area contributed by atoms with Gasteiger partial charge in [-0.15, -0.1) is 34.4 Å². The van der Waals surface area contributed by atoms with Crippen LogP contribution < -0.4 is 10.6 Å². The van der Waals surface area contributed by atoms with E-state index in [1.807, 2.05) is 29.0 Å². The third kappa shape index (κ3) is 6.04. The summed E-state index contributed by atoms with van der Waals surface area (Å²) in [5.74, 6) is -0.365. The predicted octanol–water partition coefficient (Wildman–Crippen LogP) is 5.76. The van der Waals surface area contributed by atoms with Gasteiger partial charge in [-0.05, 0) is 41.8 Å². The van der Waals surface area contributed by atoms with Crippen LogP contribution >= 0.6 is 34.4 Å². The van der Waals surface area contributed by atoms with E-state index in [9.17, 15) is 19.7 Å². The first-order valence-corrected chi connectivity index (χ1v) is 12.3. The molecule has 2 aromatic heterocycles. The Labute approximate surface area is 200 Å². The van der Waals surface area contributed by atoms with E-state index in [1.54, 1.807) is 29.5 Å². The van der Waals surface area contributed by atoms with Gasteiger partial charge in [0.15, 0.2) is 5.13 Å². The maximum absolute atomic E-state index is 12.4. The lowest BCUT2D eigenvalue weighted by Crippen LogP contribution is -2.14. The minimum atomic E-state index is -0.518. The largest absolute Gasteiger partial charge is 0.322 e. The molecule has 11 heteroatoms. The van der Waals surface area contributed by atoms with Crippen molar-refractivity contribution in [3.05, 3.63) is 87.1 Å². The molecule has 33 heavy (non-hydrogen) atoms. The molecule has 166 valence electrons. The molecule has 2 aromatic carbocycles. The summed E-state index contributed by atoms with van der Waals surface area (Å²) in [5.41, 5.74) is 1.63. The van der Waals surface area contributed by atoms with Gasteiger partial charge < -0.3 is 10.6 Å². The van der Waals surface area contributed by atoms with Crippen LogP contribution in [0.15, 0.2) is 76.3 Å². The molecule has 2 amide bonds. The second-order valence-corrected chi connectivity index (χ2v) is 9.49. The van der Waals surface area contributed by atoms with E-state index in [1.165, 1.54) is 47.4 Å². The molecule has 0 bridgehead atoms. The molecule has 0 radical (unpaired) electrons. The van der Waals surface area contributed by atoms with Gasteiger partial charge >= 0.3 is 0 Å². The van der Waals surface area contributed by atoms with Crippen LogP contribution in [0.3, 0.4) is 0 Å². The second kappa shape index (κ2) is 10.4. The van der Waals surface area contributed by atoms with Gasteiger partial charge in [-0.25, -0.2) is 4.98 Å². The Morgan fingerprint density at radius 2 is 1.85 bits per heavy atom. The summed E-state index contributed by atoms with van der Waals surface area (Å²) in [6.45, 7) is 0. The Hall–Kier alpha value is -3.54. The van der Waals surface area contributed by atoms with Crippen LogP contribution in [-0.4, -0.2) is 27.5 Å². The minimum absolute atomic E-state index is 0.0799. The fraction of sp³-hybridized carbons (Fsp3) is 0.0455. The second-order valence-electron chi connectivity index (χ2n) is 6.64. The zero-order valence-electron chi connectivity index (χ0n) is 16.9. The number of hydrogen-bond acceptors (Lipinski definition) is 8. The summed E-state index contributed by atoms with van der Waals surface area (Å²) < 4.78 is 0. The normalized spacial score (nSPS) is 10.5. The number of nitro benzene ring substituents is 1. The fourth-order valence-corrected chi connectivity index (χ4v) is 5.02. The maximum Gasteiger partial charge on any atom is 0.269 e. The number of nitro groups is 1. The molecule has 0 fully saturated rings. The van der Waals surface area contributed by atoms with Crippen LogP contribution in [-0.2, 0) is 4.79 Å². The number of thiazole rings is 1. The highest BCUT2D eigenvalue weighted by Gasteiger charge is 2.12. The number of benzene rings is 2. The van der Waals surface area contributed by atoms with Crippen molar-refractivity contribution in [3.8, 4) is 10.6 Å². The number of thioether (sulfide) groups is 1. The molecular weight excluding hydrogens is 480 g/mol. The monoisotopic (exact) mass is 496 g/mol. The summed E-state index contributed by atoms with van der Waals surface area (Å²) in [6.07, 6.45) is 0. The number of hydrogen-bond donors (Lipinski definition) is 2. The minimum Gasteiger partial charge on any atom is -0.322 e. The van der Waals surface area contributed by atoms with Gasteiger partial charge in [-0.1, -0.05) is 12.1 Å². The quantitative estimate of drug-likeness (QED) is 0.182. The molecule has 0 saturated carbocycles. The zero-order valence-corrected chi connectivity index (χ0v) is 19.3. The molecule has 0 unspecified atom stereocenters. The average Bonchev–Trinajstić information content (AvgIpc) is 3.50. The third-order valence-corrected chi connectivity index (χ3v) is 6.97. The smallest absolute Gasteiger partial charge is 0.269 e. The molecule has 0 aliphatic heterocycles. The van der Waals surface area contributed by atoms with Crippen LogP contribution in [0, 0.1) is 10.1 Å². The Morgan fingerprint density at radius 1 is 1.03 bits per heavy atom. The van der Waals surface area contributed by atoms with Gasteiger partial charge in [0.05, 0.1) is 21.2 Å². The van der Waals surface area contributed by atoms with Crippen molar-refractivity contribution >= 4 is 62.8 Å². The van der Waals surface area contributed by atoms with Crippen LogP contribution in [0.4, 0.5) is 16.5 Å². The van der Waals surface area contributed by atoms with Gasteiger partial charge in [0.2, 0.25) is 5.91 Å². The number of non-ortho nitro benzene ring substituents is 1. The van der Waals surface area contributed by atoms with E-state index in [4.69, 9.17) is 0 Å². The molecular formula is C22H16N4O4S3. The number of nitrogens with one attached hydrogen (secondary N) is 2. The fourth-order valence-electron chi connectivity index (χ4n) is 2.77. The van der Waals surface area contributed by atoms with E-state index in [2.05, 4.69) is 15.6 Å². The van der Waals surface area contributed by atoms with Crippen molar-refractivity contribution in [2.24, 2.45) is 0 Å². The average molecular weight is 497 g/mol. The molecule has 0 aliphatic rings. The summed E-state index contributed by atoms with van der Waals surface area (Å²) >= 11 is 4.30. The number of amides is 2. The molecule has 0 aliphatic carbocycles. The van der Waals surface area contributed by atoms with E-state index in [-0.39, 0.29) is 23.3 Å². The molecule has 2 heterocycles. The lowest BCUT2D eigenvalue weighted by molar-refractivity contribution is -0.384. The van der Waals surface area contributed by atoms with Crippen molar-refractivity contribution in [3.63, 3.8) is 0 Å². The van der Waals surface area contributed by atoms with Crippen LogP contribution in [0.1, 0.15) is 10.4 Å². The third-order valence-electron chi connectivity index (χ3n) is 4.33. The number of thiophene rings is 1. The number of carbonyl (C=O) groups excluding carboxylic acids is 2. The number of carbonyl (C=O) groups is 2. The van der Waals surface area contributed by atoms with Crippen molar-refractivity contribution < 1.29 is 14.5 Å². The first-order valence-electron chi connectivity index (χ1n) is 9.56. The Morgan fingerprint density at radius 3 is 2.58 bits per heavy atom. The number of aromatic nitrogens is 1. The van der Waals surface area contributed by atoms with E-state index < -0.39 is 4.92 Å².